The molecule has 0 aromatic carbocycles. The highest BCUT2D eigenvalue weighted by molar-refractivity contribution is 7.99. The van der Waals surface area contributed by atoms with Gasteiger partial charge in [-0.1, -0.05) is 0 Å². The van der Waals surface area contributed by atoms with Crippen LogP contribution in [0, 0.1) is 0 Å². The summed E-state index contributed by atoms with van der Waals surface area (Å²) in [6.45, 7) is 2.00. The lowest BCUT2D eigenvalue weighted by Gasteiger charge is -2.06. The largest absolute Gasteiger partial charge is 0.328 e. The van der Waals surface area contributed by atoms with Crippen molar-refractivity contribution < 1.29 is 0 Å². The van der Waals surface area contributed by atoms with E-state index in [0.29, 0.717) is 0 Å². The van der Waals surface area contributed by atoms with E-state index in [4.69, 9.17) is 5.73 Å². The lowest BCUT2D eigenvalue weighted by molar-refractivity contribution is 0.682. The Morgan fingerprint density at radius 3 is 3.05 bits per heavy atom. The van der Waals surface area contributed by atoms with Gasteiger partial charge in [0.2, 0.25) is 0 Å². The predicted octanol–water partition coefficient (Wildman–Crippen LogP) is 1.57. The van der Waals surface area contributed by atoms with Crippen molar-refractivity contribution in [3.63, 3.8) is 0 Å². The topological polar surface area (TPSA) is 74.0 Å². The molecule has 0 aliphatic rings. The van der Waals surface area contributed by atoms with Crippen LogP contribution in [0.3, 0.4) is 0 Å². The van der Waals surface area contributed by atoms with Gasteiger partial charge in [-0.15, -0.1) is 11.3 Å². The van der Waals surface area contributed by atoms with Gasteiger partial charge in [0, 0.05) is 31.1 Å². The summed E-state index contributed by atoms with van der Waals surface area (Å²) in [5.74, 6) is 0. The molecule has 1 unspecified atom stereocenters. The van der Waals surface area contributed by atoms with Crippen LogP contribution in [0.1, 0.15) is 12.6 Å². The standard InChI is InChI=1S/C11H14N6S2/c1-7(12)5-8-9(15-11-17(8)3-4-18-11)19-10-13-6-14-16(10)2/h3-4,6-7H,5,12H2,1-2H3. The highest BCUT2D eigenvalue weighted by Crippen LogP contribution is 2.30. The average Bonchev–Trinajstić information content (AvgIpc) is 3.00. The van der Waals surface area contributed by atoms with Crippen LogP contribution in [0.5, 0.6) is 0 Å². The second-order valence-electron chi connectivity index (χ2n) is 4.37. The predicted molar refractivity (Wildman–Crippen MR) is 75.5 cm³/mol. The van der Waals surface area contributed by atoms with Gasteiger partial charge in [-0.2, -0.15) is 5.10 Å². The van der Waals surface area contributed by atoms with Gasteiger partial charge in [0.1, 0.15) is 11.4 Å². The minimum atomic E-state index is 0.0960. The molecule has 19 heavy (non-hydrogen) atoms. The van der Waals surface area contributed by atoms with Gasteiger partial charge in [-0.25, -0.2) is 14.6 Å². The minimum absolute atomic E-state index is 0.0960. The Morgan fingerprint density at radius 1 is 1.53 bits per heavy atom. The van der Waals surface area contributed by atoms with Crippen molar-refractivity contribution in [1.29, 1.82) is 0 Å². The molecule has 1 atom stereocenters. The van der Waals surface area contributed by atoms with Crippen LogP contribution in [0.15, 0.2) is 28.1 Å². The third-order valence-electron chi connectivity index (χ3n) is 2.70. The quantitative estimate of drug-likeness (QED) is 0.790. The molecule has 3 aromatic heterocycles. The van der Waals surface area contributed by atoms with Gasteiger partial charge in [0.25, 0.3) is 0 Å². The highest BCUT2D eigenvalue weighted by Gasteiger charge is 2.17. The zero-order chi connectivity index (χ0) is 13.4. The maximum Gasteiger partial charge on any atom is 0.194 e. The van der Waals surface area contributed by atoms with Gasteiger partial charge >= 0.3 is 0 Å². The summed E-state index contributed by atoms with van der Waals surface area (Å²) in [6.07, 6.45) is 4.37. The molecular formula is C11H14N6S2. The summed E-state index contributed by atoms with van der Waals surface area (Å²) >= 11 is 3.15. The number of aryl methyl sites for hydroxylation is 1. The maximum atomic E-state index is 5.94. The second kappa shape index (κ2) is 4.95. The fourth-order valence-corrected chi connectivity index (χ4v) is 3.52. The number of aromatic nitrogens is 5. The van der Waals surface area contributed by atoms with E-state index in [1.807, 2.05) is 25.5 Å². The second-order valence-corrected chi connectivity index (χ2v) is 6.20. The van der Waals surface area contributed by atoms with Crippen molar-refractivity contribution in [2.75, 3.05) is 0 Å². The number of thiazole rings is 1. The van der Waals surface area contributed by atoms with Crippen molar-refractivity contribution in [2.24, 2.45) is 12.8 Å². The van der Waals surface area contributed by atoms with Crippen LogP contribution >= 0.6 is 23.1 Å². The van der Waals surface area contributed by atoms with E-state index in [1.54, 1.807) is 22.3 Å². The molecule has 0 saturated carbocycles. The molecule has 3 rings (SSSR count). The number of rotatable bonds is 4. The number of imidazole rings is 1. The van der Waals surface area contributed by atoms with Gasteiger partial charge in [-0.05, 0) is 18.7 Å². The highest BCUT2D eigenvalue weighted by atomic mass is 32.2. The van der Waals surface area contributed by atoms with E-state index >= 15 is 0 Å². The summed E-state index contributed by atoms with van der Waals surface area (Å²) in [4.78, 5) is 9.86. The number of hydrogen-bond acceptors (Lipinski definition) is 6. The van der Waals surface area contributed by atoms with E-state index in [2.05, 4.69) is 19.5 Å². The molecule has 0 fully saturated rings. The Bertz CT molecular complexity index is 695. The van der Waals surface area contributed by atoms with Gasteiger partial charge < -0.3 is 5.73 Å². The third kappa shape index (κ3) is 2.38. The summed E-state index contributed by atoms with van der Waals surface area (Å²) < 4.78 is 3.85. The molecule has 3 aromatic rings. The van der Waals surface area contributed by atoms with Crippen molar-refractivity contribution in [2.45, 2.75) is 29.6 Å². The van der Waals surface area contributed by atoms with Crippen molar-refractivity contribution >= 4 is 28.1 Å². The monoisotopic (exact) mass is 294 g/mol. The number of hydrogen-bond donors (Lipinski definition) is 1. The molecule has 2 N–H and O–H groups in total. The van der Waals surface area contributed by atoms with Crippen LogP contribution in [0.4, 0.5) is 0 Å². The first kappa shape index (κ1) is 12.6. The normalized spacial score (nSPS) is 13.2. The number of nitrogens with zero attached hydrogens (tertiary/aromatic N) is 5. The van der Waals surface area contributed by atoms with Crippen molar-refractivity contribution in [3.05, 3.63) is 23.6 Å². The lowest BCUT2D eigenvalue weighted by Crippen LogP contribution is -2.19. The Labute approximate surface area is 118 Å². The molecule has 3 heterocycles. The molecule has 100 valence electrons. The van der Waals surface area contributed by atoms with E-state index in [1.165, 1.54) is 11.8 Å². The summed E-state index contributed by atoms with van der Waals surface area (Å²) in [7, 11) is 1.87. The molecule has 0 saturated heterocycles. The lowest BCUT2D eigenvalue weighted by atomic mass is 10.2. The van der Waals surface area contributed by atoms with Gasteiger partial charge in [0.15, 0.2) is 10.1 Å². The Morgan fingerprint density at radius 2 is 2.37 bits per heavy atom. The SMILES string of the molecule is CC(N)Cc1c(Sc2ncnn2C)nc2sccn12. The molecular weight excluding hydrogens is 280 g/mol. The van der Waals surface area contributed by atoms with Crippen LogP contribution < -0.4 is 5.73 Å². The summed E-state index contributed by atoms with van der Waals surface area (Å²) in [6, 6.07) is 0.0960. The number of fused-ring (bicyclic) bond motifs is 1. The fraction of sp³-hybridized carbons (Fsp3) is 0.364. The van der Waals surface area contributed by atoms with Crippen molar-refractivity contribution in [3.8, 4) is 0 Å². The van der Waals surface area contributed by atoms with E-state index in [9.17, 15) is 0 Å². The Kier molecular flexibility index (Phi) is 3.29. The Balaban J connectivity index is 2.02. The smallest absolute Gasteiger partial charge is 0.194 e. The first-order valence-electron chi connectivity index (χ1n) is 5.87. The van der Waals surface area contributed by atoms with Gasteiger partial charge in [-0.3, -0.25) is 4.40 Å². The zero-order valence-corrected chi connectivity index (χ0v) is 12.3. The average molecular weight is 294 g/mol. The van der Waals surface area contributed by atoms with Crippen LogP contribution in [-0.2, 0) is 13.5 Å². The molecule has 0 spiro atoms. The molecule has 0 bridgehead atoms. The van der Waals surface area contributed by atoms with Crippen LogP contribution in [0.25, 0.3) is 4.96 Å². The van der Waals surface area contributed by atoms with E-state index in [0.717, 1.165) is 27.3 Å². The Hall–Kier alpha value is -1.38. The van der Waals surface area contributed by atoms with Crippen molar-refractivity contribution in [1.82, 2.24) is 24.1 Å². The summed E-state index contributed by atoms with van der Waals surface area (Å²) in [5.41, 5.74) is 7.07. The molecule has 0 radical (unpaired) electrons. The first-order valence-corrected chi connectivity index (χ1v) is 7.56. The molecule has 0 aliphatic carbocycles. The number of nitrogens with two attached hydrogens (primary N) is 1. The summed E-state index contributed by atoms with van der Waals surface area (Å²) in [5, 5.41) is 7.89. The van der Waals surface area contributed by atoms with Crippen LogP contribution in [-0.4, -0.2) is 30.2 Å². The van der Waals surface area contributed by atoms with E-state index in [-0.39, 0.29) is 6.04 Å². The van der Waals surface area contributed by atoms with E-state index < -0.39 is 0 Å². The minimum Gasteiger partial charge on any atom is -0.328 e. The third-order valence-corrected chi connectivity index (χ3v) is 4.53. The molecule has 8 heteroatoms. The molecule has 0 aliphatic heterocycles. The fourth-order valence-electron chi connectivity index (χ4n) is 1.85. The first-order chi connectivity index (χ1) is 9.15. The molecule has 6 nitrogen and oxygen atoms in total. The molecule has 0 amide bonds. The maximum absolute atomic E-state index is 5.94. The van der Waals surface area contributed by atoms with Gasteiger partial charge in [0.05, 0.1) is 5.69 Å². The van der Waals surface area contributed by atoms with Crippen LogP contribution in [0.2, 0.25) is 0 Å². The zero-order valence-electron chi connectivity index (χ0n) is 10.6.